The van der Waals surface area contributed by atoms with Crippen LogP contribution in [0.5, 0.6) is 11.5 Å². The van der Waals surface area contributed by atoms with Crippen LogP contribution in [-0.2, 0) is 16.7 Å². The monoisotopic (exact) mass is 420 g/mol. The highest BCUT2D eigenvalue weighted by Crippen LogP contribution is 2.24. The van der Waals surface area contributed by atoms with Gasteiger partial charge in [0.1, 0.15) is 11.5 Å². The number of hydrogen-bond acceptors (Lipinski definition) is 5. The fraction of sp³-hybridized carbons (Fsp3) is 0.381. The quantitative estimate of drug-likeness (QED) is 0.613. The van der Waals surface area contributed by atoms with Crippen LogP contribution in [0.3, 0.4) is 0 Å². The van der Waals surface area contributed by atoms with Crippen molar-refractivity contribution in [2.75, 3.05) is 18.2 Å². The minimum atomic E-state index is -3.57. The number of ether oxygens (including phenoxy) is 1. The van der Waals surface area contributed by atoms with Crippen molar-refractivity contribution in [3.8, 4) is 11.5 Å². The van der Waals surface area contributed by atoms with Crippen LogP contribution < -0.4 is 14.2 Å². The van der Waals surface area contributed by atoms with Crippen LogP contribution in [0, 0.1) is 0 Å². The molecule has 0 aliphatic rings. The summed E-state index contributed by atoms with van der Waals surface area (Å²) in [6, 6.07) is 13.7. The molecule has 0 fully saturated rings. The van der Waals surface area contributed by atoms with Crippen molar-refractivity contribution in [3.05, 3.63) is 54.1 Å². The Labute approximate surface area is 172 Å². The molecular weight excluding hydrogens is 392 g/mol. The number of benzene rings is 2. The predicted molar refractivity (Wildman–Crippen MR) is 114 cm³/mol. The fourth-order valence-corrected chi connectivity index (χ4v) is 3.16. The lowest BCUT2D eigenvalue weighted by atomic mass is 10.1. The number of urea groups is 1. The van der Waals surface area contributed by atoms with Crippen molar-refractivity contribution in [2.45, 2.75) is 39.8 Å². The van der Waals surface area contributed by atoms with E-state index in [1.165, 1.54) is 6.92 Å². The normalized spacial score (nSPS) is 12.1. The van der Waals surface area contributed by atoms with Crippen molar-refractivity contribution in [2.24, 2.45) is 0 Å². The van der Waals surface area contributed by atoms with Gasteiger partial charge in [-0.25, -0.2) is 4.79 Å². The number of nitrogens with one attached hydrogen (secondary N) is 1. The Morgan fingerprint density at radius 1 is 1.10 bits per heavy atom. The first-order valence-electron chi connectivity index (χ1n) is 9.51. The van der Waals surface area contributed by atoms with Gasteiger partial charge in [0.2, 0.25) is 0 Å². The van der Waals surface area contributed by atoms with E-state index in [0.717, 1.165) is 12.0 Å². The van der Waals surface area contributed by atoms with Gasteiger partial charge in [-0.2, -0.15) is 8.42 Å². The van der Waals surface area contributed by atoms with Crippen molar-refractivity contribution in [1.82, 2.24) is 4.90 Å². The molecule has 2 aromatic rings. The summed E-state index contributed by atoms with van der Waals surface area (Å²) in [5.74, 6) is 0.743. The Morgan fingerprint density at radius 2 is 1.76 bits per heavy atom. The molecule has 0 aliphatic carbocycles. The molecule has 7 nitrogen and oxygen atoms in total. The number of para-hydroxylation sites is 2. The fourth-order valence-electron chi connectivity index (χ4n) is 2.64. The minimum Gasteiger partial charge on any atom is -0.495 e. The molecule has 2 rings (SSSR count). The van der Waals surface area contributed by atoms with Gasteiger partial charge in [-0.1, -0.05) is 31.2 Å². The topological polar surface area (TPSA) is 84.9 Å². The van der Waals surface area contributed by atoms with Gasteiger partial charge in [-0.3, -0.25) is 0 Å². The van der Waals surface area contributed by atoms with Crippen molar-refractivity contribution >= 4 is 21.8 Å². The van der Waals surface area contributed by atoms with E-state index in [1.54, 1.807) is 48.4 Å². The zero-order valence-corrected chi connectivity index (χ0v) is 18.0. The molecule has 8 heteroatoms. The zero-order chi connectivity index (χ0) is 21.4. The summed E-state index contributed by atoms with van der Waals surface area (Å²) >= 11 is 0. The Morgan fingerprint density at radius 3 is 2.34 bits per heavy atom. The van der Waals surface area contributed by atoms with E-state index in [0.29, 0.717) is 18.0 Å². The first kappa shape index (κ1) is 22.5. The van der Waals surface area contributed by atoms with Crippen LogP contribution >= 0.6 is 0 Å². The molecule has 0 bridgehead atoms. The van der Waals surface area contributed by atoms with E-state index in [1.807, 2.05) is 26.0 Å². The SMILES string of the molecule is CCC(C)N(Cc1ccc(OS(=O)(=O)CC)cc1)C(=O)Nc1ccccc1OC. The van der Waals surface area contributed by atoms with Crippen LogP contribution in [0.2, 0.25) is 0 Å². The number of nitrogens with zero attached hydrogens (tertiary/aromatic N) is 1. The van der Waals surface area contributed by atoms with Gasteiger partial charge in [0.25, 0.3) is 0 Å². The van der Waals surface area contributed by atoms with Crippen molar-refractivity contribution in [3.63, 3.8) is 0 Å². The maximum Gasteiger partial charge on any atom is 0.322 e. The first-order chi connectivity index (χ1) is 13.8. The van der Waals surface area contributed by atoms with E-state index in [9.17, 15) is 13.2 Å². The molecule has 0 radical (unpaired) electrons. The highest BCUT2D eigenvalue weighted by molar-refractivity contribution is 7.87. The molecule has 158 valence electrons. The van der Waals surface area contributed by atoms with E-state index in [2.05, 4.69) is 5.32 Å². The highest BCUT2D eigenvalue weighted by atomic mass is 32.2. The Kier molecular flexibility index (Phi) is 7.90. The van der Waals surface area contributed by atoms with Gasteiger partial charge in [-0.15, -0.1) is 0 Å². The lowest BCUT2D eigenvalue weighted by Gasteiger charge is -2.29. The Hall–Kier alpha value is -2.74. The van der Waals surface area contributed by atoms with Crippen LogP contribution in [0.25, 0.3) is 0 Å². The summed E-state index contributed by atoms with van der Waals surface area (Å²) in [7, 11) is -2.01. The molecule has 1 unspecified atom stereocenters. The number of methoxy groups -OCH3 is 1. The lowest BCUT2D eigenvalue weighted by molar-refractivity contribution is 0.187. The maximum atomic E-state index is 12.9. The van der Waals surface area contributed by atoms with Crippen molar-refractivity contribution in [1.29, 1.82) is 0 Å². The van der Waals surface area contributed by atoms with Gasteiger partial charge in [0.05, 0.1) is 18.6 Å². The second kappa shape index (κ2) is 10.2. The third-order valence-electron chi connectivity index (χ3n) is 4.59. The summed E-state index contributed by atoms with van der Waals surface area (Å²) < 4.78 is 33.5. The molecule has 29 heavy (non-hydrogen) atoms. The molecular formula is C21H28N2O5S. The van der Waals surface area contributed by atoms with Gasteiger partial charge < -0.3 is 19.1 Å². The largest absolute Gasteiger partial charge is 0.495 e. The molecule has 2 aromatic carbocycles. The van der Waals surface area contributed by atoms with Gasteiger partial charge in [0, 0.05) is 12.6 Å². The highest BCUT2D eigenvalue weighted by Gasteiger charge is 2.20. The maximum absolute atomic E-state index is 12.9. The van der Waals surface area contributed by atoms with Crippen LogP contribution in [0.1, 0.15) is 32.8 Å². The smallest absolute Gasteiger partial charge is 0.322 e. The number of carbonyl (C=O) groups is 1. The number of amides is 2. The molecule has 1 N–H and O–H groups in total. The first-order valence-corrected chi connectivity index (χ1v) is 11.1. The lowest BCUT2D eigenvalue weighted by Crippen LogP contribution is -2.40. The molecule has 2 amide bonds. The molecule has 0 spiro atoms. The predicted octanol–water partition coefficient (Wildman–Crippen LogP) is 4.26. The molecule has 0 saturated carbocycles. The number of carbonyl (C=O) groups excluding carboxylic acids is 1. The summed E-state index contributed by atoms with van der Waals surface area (Å²) in [6.45, 7) is 5.89. The average molecular weight is 421 g/mol. The molecule has 0 aliphatic heterocycles. The summed E-state index contributed by atoms with van der Waals surface area (Å²) in [6.07, 6.45) is 0.787. The van der Waals surface area contributed by atoms with E-state index in [4.69, 9.17) is 8.92 Å². The third kappa shape index (κ3) is 6.39. The Bertz CT molecular complexity index is 913. The number of rotatable bonds is 9. The molecule has 0 saturated heterocycles. The van der Waals surface area contributed by atoms with Crippen molar-refractivity contribution < 1.29 is 22.1 Å². The van der Waals surface area contributed by atoms with E-state index >= 15 is 0 Å². The van der Waals surface area contributed by atoms with Crippen LogP contribution in [0.15, 0.2) is 48.5 Å². The van der Waals surface area contributed by atoms with Crippen LogP contribution in [0.4, 0.5) is 10.5 Å². The minimum absolute atomic E-state index is 0.00102. The number of hydrogen-bond donors (Lipinski definition) is 1. The summed E-state index contributed by atoms with van der Waals surface area (Å²) in [5, 5.41) is 2.91. The molecule has 0 aromatic heterocycles. The second-order valence-electron chi connectivity index (χ2n) is 6.59. The number of anilines is 1. The average Bonchev–Trinajstić information content (AvgIpc) is 2.72. The summed E-state index contributed by atoms with van der Waals surface area (Å²) in [5.41, 5.74) is 1.46. The molecule has 1 atom stereocenters. The van der Waals surface area contributed by atoms with Gasteiger partial charge >= 0.3 is 16.1 Å². The van der Waals surface area contributed by atoms with E-state index < -0.39 is 10.1 Å². The standard InChI is InChI=1S/C21H28N2O5S/c1-5-16(3)23(21(24)22-19-9-7-8-10-20(19)27-4)15-17-11-13-18(14-12-17)28-29(25,26)6-2/h7-14,16H,5-6,15H2,1-4H3,(H,22,24). The molecule has 0 heterocycles. The summed E-state index contributed by atoms with van der Waals surface area (Å²) in [4.78, 5) is 14.7. The zero-order valence-electron chi connectivity index (χ0n) is 17.2. The Balaban J connectivity index is 2.15. The van der Waals surface area contributed by atoms with Crippen LogP contribution in [-0.4, -0.2) is 38.3 Å². The van der Waals surface area contributed by atoms with E-state index in [-0.39, 0.29) is 23.6 Å². The van der Waals surface area contributed by atoms with Gasteiger partial charge in [0.15, 0.2) is 0 Å². The van der Waals surface area contributed by atoms with Gasteiger partial charge in [-0.05, 0) is 50.1 Å². The second-order valence-corrected chi connectivity index (χ2v) is 8.45. The third-order valence-corrected chi connectivity index (χ3v) is 5.74.